The van der Waals surface area contributed by atoms with Crippen LogP contribution in [0.5, 0.6) is 0 Å². The second kappa shape index (κ2) is 6.49. The number of likely N-dealkylation sites (tertiary alicyclic amines) is 1. The van der Waals surface area contributed by atoms with Gasteiger partial charge in [-0.2, -0.15) is 0 Å². The van der Waals surface area contributed by atoms with Gasteiger partial charge in [-0.15, -0.1) is 0 Å². The molecule has 0 bridgehead atoms. The molecule has 1 heterocycles. The van der Waals surface area contributed by atoms with E-state index in [2.05, 4.69) is 5.32 Å². The van der Waals surface area contributed by atoms with E-state index in [0.29, 0.717) is 6.42 Å². The van der Waals surface area contributed by atoms with Crippen LogP contribution in [0.4, 0.5) is 4.79 Å². The van der Waals surface area contributed by atoms with Crippen LogP contribution in [0.1, 0.15) is 39.5 Å². The first kappa shape index (κ1) is 14.6. The van der Waals surface area contributed by atoms with Crippen LogP contribution in [-0.2, 0) is 9.59 Å². The summed E-state index contributed by atoms with van der Waals surface area (Å²) in [7, 11) is 0. The van der Waals surface area contributed by atoms with Crippen molar-refractivity contribution in [2.45, 2.75) is 51.6 Å². The first-order valence-corrected chi connectivity index (χ1v) is 6.27. The number of carbonyl (C=O) groups excluding carboxylic acids is 3. The number of carbonyl (C=O) groups is 3. The number of imide groups is 1. The summed E-state index contributed by atoms with van der Waals surface area (Å²) >= 11 is 0. The van der Waals surface area contributed by atoms with Crippen LogP contribution in [-0.4, -0.2) is 41.2 Å². The van der Waals surface area contributed by atoms with Crippen LogP contribution in [0.25, 0.3) is 0 Å². The van der Waals surface area contributed by atoms with Gasteiger partial charge in [0.05, 0.1) is 6.04 Å². The Morgan fingerprint density at radius 2 is 2.06 bits per heavy atom. The van der Waals surface area contributed by atoms with Gasteiger partial charge in [0.1, 0.15) is 5.78 Å². The molecule has 0 aromatic heterocycles. The van der Waals surface area contributed by atoms with Gasteiger partial charge in [0.2, 0.25) is 5.91 Å². The average molecular weight is 255 g/mol. The average Bonchev–Trinajstić information content (AvgIpc) is 2.27. The lowest BCUT2D eigenvalue weighted by Gasteiger charge is -2.38. The Hall–Kier alpha value is -1.43. The van der Waals surface area contributed by atoms with Gasteiger partial charge in [0.25, 0.3) is 0 Å². The molecule has 0 spiro atoms. The molecule has 1 aliphatic heterocycles. The van der Waals surface area contributed by atoms with Crippen molar-refractivity contribution in [3.8, 4) is 0 Å². The van der Waals surface area contributed by atoms with E-state index in [0.717, 1.165) is 25.8 Å². The number of piperidine rings is 1. The molecule has 1 fully saturated rings. The molecule has 0 aromatic carbocycles. The molecule has 0 saturated carbocycles. The number of nitrogens with two attached hydrogens (primary N) is 1. The molecule has 1 aliphatic rings. The predicted octanol–water partition coefficient (Wildman–Crippen LogP) is 0.403. The minimum atomic E-state index is -0.841. The molecule has 1 rings (SSSR count). The first-order chi connectivity index (χ1) is 8.41. The monoisotopic (exact) mass is 255 g/mol. The van der Waals surface area contributed by atoms with Crippen molar-refractivity contribution in [3.63, 3.8) is 0 Å². The predicted molar refractivity (Wildman–Crippen MR) is 66.8 cm³/mol. The summed E-state index contributed by atoms with van der Waals surface area (Å²) in [6, 6.07) is -1.20. The van der Waals surface area contributed by atoms with Crippen LogP contribution in [0.3, 0.4) is 0 Å². The zero-order valence-electron chi connectivity index (χ0n) is 10.9. The summed E-state index contributed by atoms with van der Waals surface area (Å²) in [6.07, 6.45) is 3.43. The zero-order valence-corrected chi connectivity index (χ0v) is 10.9. The fourth-order valence-corrected chi connectivity index (χ4v) is 2.46. The number of nitrogens with one attached hydrogen (secondary N) is 1. The Kier molecular flexibility index (Phi) is 5.27. The molecule has 2 atom stereocenters. The molecule has 18 heavy (non-hydrogen) atoms. The van der Waals surface area contributed by atoms with Crippen LogP contribution in [0.2, 0.25) is 0 Å². The van der Waals surface area contributed by atoms with E-state index in [1.54, 1.807) is 13.8 Å². The van der Waals surface area contributed by atoms with E-state index in [9.17, 15) is 14.4 Å². The number of hydrogen-bond acceptors (Lipinski definition) is 4. The summed E-state index contributed by atoms with van der Waals surface area (Å²) in [6.45, 7) is 4.06. The Labute approximate surface area is 107 Å². The van der Waals surface area contributed by atoms with Gasteiger partial charge < -0.3 is 5.73 Å². The van der Waals surface area contributed by atoms with Gasteiger partial charge >= 0.3 is 6.03 Å². The number of primary amides is 1. The summed E-state index contributed by atoms with van der Waals surface area (Å²) in [4.78, 5) is 35.6. The summed E-state index contributed by atoms with van der Waals surface area (Å²) < 4.78 is 0. The van der Waals surface area contributed by atoms with Crippen LogP contribution >= 0.6 is 0 Å². The smallest absolute Gasteiger partial charge is 0.318 e. The van der Waals surface area contributed by atoms with E-state index in [1.807, 2.05) is 4.90 Å². The quantitative estimate of drug-likeness (QED) is 0.760. The highest BCUT2D eigenvalue weighted by Gasteiger charge is 2.31. The summed E-state index contributed by atoms with van der Waals surface area (Å²) in [5.41, 5.74) is 4.93. The Bertz CT molecular complexity index is 343. The van der Waals surface area contributed by atoms with Crippen molar-refractivity contribution in [3.05, 3.63) is 0 Å². The molecule has 6 nitrogen and oxygen atoms in total. The van der Waals surface area contributed by atoms with Gasteiger partial charge in [-0.3, -0.25) is 19.8 Å². The fraction of sp³-hybridized carbons (Fsp3) is 0.750. The van der Waals surface area contributed by atoms with Crippen molar-refractivity contribution < 1.29 is 14.4 Å². The minimum Gasteiger partial charge on any atom is -0.351 e. The normalized spacial score (nSPS) is 22.2. The lowest BCUT2D eigenvalue weighted by Crippen LogP contribution is -2.53. The number of Topliss-reactive ketones (excluding diaryl/α,β-unsaturated/α-hetero) is 1. The summed E-state index contributed by atoms with van der Waals surface area (Å²) in [5.74, 6) is -0.285. The summed E-state index contributed by atoms with van der Waals surface area (Å²) in [5, 5.41) is 2.09. The molecule has 0 aromatic rings. The van der Waals surface area contributed by atoms with Crippen molar-refractivity contribution in [1.82, 2.24) is 10.2 Å². The molecule has 1 saturated heterocycles. The number of rotatable bonds is 4. The maximum atomic E-state index is 11.7. The molecular formula is C12H21N3O3. The highest BCUT2D eigenvalue weighted by molar-refractivity contribution is 5.96. The number of hydrogen-bond donors (Lipinski definition) is 2. The minimum absolute atomic E-state index is 0.0878. The van der Waals surface area contributed by atoms with E-state index in [-0.39, 0.29) is 11.8 Å². The number of ketones is 1. The van der Waals surface area contributed by atoms with Crippen molar-refractivity contribution in [2.24, 2.45) is 5.73 Å². The third-order valence-electron chi connectivity index (χ3n) is 3.32. The molecule has 6 heteroatoms. The lowest BCUT2D eigenvalue weighted by molar-refractivity contribution is -0.128. The Balaban J connectivity index is 2.67. The molecule has 0 aliphatic carbocycles. The first-order valence-electron chi connectivity index (χ1n) is 6.27. The Morgan fingerprint density at radius 1 is 1.39 bits per heavy atom. The third kappa shape index (κ3) is 4.10. The van der Waals surface area contributed by atoms with Gasteiger partial charge in [0, 0.05) is 12.5 Å². The Morgan fingerprint density at radius 3 is 2.61 bits per heavy atom. The maximum Gasteiger partial charge on any atom is 0.318 e. The highest BCUT2D eigenvalue weighted by Crippen LogP contribution is 2.22. The number of urea groups is 1. The third-order valence-corrected chi connectivity index (χ3v) is 3.32. The standard InChI is InChI=1S/C12H21N3O3/c1-8(16)7-10-5-3-4-6-15(10)9(2)11(17)14-12(13)18/h9-10H,3-7H2,1-2H3,(H3,13,14,17,18). The molecular weight excluding hydrogens is 234 g/mol. The van der Waals surface area contributed by atoms with Crippen LogP contribution in [0, 0.1) is 0 Å². The SMILES string of the molecule is CC(=O)CC1CCCCN1C(C)C(=O)NC(N)=O. The van der Waals surface area contributed by atoms with Crippen molar-refractivity contribution in [1.29, 1.82) is 0 Å². The molecule has 3 amide bonds. The van der Waals surface area contributed by atoms with Crippen LogP contribution in [0.15, 0.2) is 0 Å². The van der Waals surface area contributed by atoms with Gasteiger partial charge in [-0.05, 0) is 33.2 Å². The second-order valence-corrected chi connectivity index (χ2v) is 4.82. The van der Waals surface area contributed by atoms with Gasteiger partial charge in [0.15, 0.2) is 0 Å². The maximum absolute atomic E-state index is 11.7. The van der Waals surface area contributed by atoms with E-state index in [1.165, 1.54) is 0 Å². The number of amides is 3. The second-order valence-electron chi connectivity index (χ2n) is 4.82. The highest BCUT2D eigenvalue weighted by atomic mass is 16.2. The van der Waals surface area contributed by atoms with Gasteiger partial charge in [-0.25, -0.2) is 4.79 Å². The van der Waals surface area contributed by atoms with Crippen molar-refractivity contribution in [2.75, 3.05) is 6.54 Å². The zero-order chi connectivity index (χ0) is 13.7. The number of nitrogens with zero attached hydrogens (tertiary/aromatic N) is 1. The molecule has 3 N–H and O–H groups in total. The molecule has 0 radical (unpaired) electrons. The van der Waals surface area contributed by atoms with E-state index in [4.69, 9.17) is 5.73 Å². The van der Waals surface area contributed by atoms with Gasteiger partial charge in [-0.1, -0.05) is 6.42 Å². The lowest BCUT2D eigenvalue weighted by atomic mass is 9.96. The topological polar surface area (TPSA) is 92.5 Å². The van der Waals surface area contributed by atoms with E-state index >= 15 is 0 Å². The largest absolute Gasteiger partial charge is 0.351 e. The molecule has 2 unspecified atom stereocenters. The van der Waals surface area contributed by atoms with E-state index < -0.39 is 18.0 Å². The van der Waals surface area contributed by atoms with Crippen molar-refractivity contribution >= 4 is 17.7 Å². The fourth-order valence-electron chi connectivity index (χ4n) is 2.46. The van der Waals surface area contributed by atoms with Crippen LogP contribution < -0.4 is 11.1 Å². The molecule has 102 valence electrons.